The van der Waals surface area contributed by atoms with Gasteiger partial charge in [0.05, 0.1) is 0 Å². The molecule has 0 aliphatic rings. The van der Waals surface area contributed by atoms with E-state index in [4.69, 9.17) is 0 Å². The summed E-state index contributed by atoms with van der Waals surface area (Å²) in [6.45, 7) is 9.04. The van der Waals surface area contributed by atoms with Crippen LogP contribution in [0.3, 0.4) is 0 Å². The van der Waals surface area contributed by atoms with Crippen molar-refractivity contribution in [1.29, 1.82) is 0 Å². The topological polar surface area (TPSA) is 41.1 Å². The molecule has 3 heteroatoms. The highest BCUT2D eigenvalue weighted by Gasteiger charge is 2.05. The van der Waals surface area contributed by atoms with E-state index in [0.717, 1.165) is 16.9 Å². The van der Waals surface area contributed by atoms with Gasteiger partial charge in [-0.05, 0) is 49.1 Å². The van der Waals surface area contributed by atoms with Gasteiger partial charge in [-0.2, -0.15) is 0 Å². The number of carbonyl (C=O) groups excluding carboxylic acids is 1. The Morgan fingerprint density at radius 2 is 1.74 bits per heavy atom. The van der Waals surface area contributed by atoms with Crippen LogP contribution < -0.4 is 10.6 Å². The summed E-state index contributed by atoms with van der Waals surface area (Å²) in [5.74, 6) is 0.566. The van der Waals surface area contributed by atoms with E-state index in [1.54, 1.807) is 0 Å². The molecule has 0 bridgehead atoms. The summed E-state index contributed by atoms with van der Waals surface area (Å²) in [4.78, 5) is 12.0. The molecule has 2 N–H and O–H groups in total. The van der Waals surface area contributed by atoms with Crippen LogP contribution in [0.2, 0.25) is 0 Å². The second-order valence-corrected chi connectivity index (χ2v) is 6.32. The Morgan fingerprint density at radius 3 is 2.35 bits per heavy atom. The SMILES string of the molecule is Cc1ccc(NC(=O)CCNc2ccc(C(C)C)cc2)c(C)c1. The Hall–Kier alpha value is -2.29. The molecule has 0 aliphatic carbocycles. The molecule has 1 amide bonds. The zero-order valence-corrected chi connectivity index (χ0v) is 14.4. The van der Waals surface area contributed by atoms with Crippen LogP contribution >= 0.6 is 0 Å². The van der Waals surface area contributed by atoms with Crippen LogP contribution in [0.15, 0.2) is 42.5 Å². The molecule has 23 heavy (non-hydrogen) atoms. The van der Waals surface area contributed by atoms with Crippen LogP contribution in [0.25, 0.3) is 0 Å². The van der Waals surface area contributed by atoms with E-state index in [-0.39, 0.29) is 5.91 Å². The minimum absolute atomic E-state index is 0.0308. The predicted molar refractivity (Wildman–Crippen MR) is 98.2 cm³/mol. The molecule has 0 radical (unpaired) electrons. The van der Waals surface area contributed by atoms with Crippen LogP contribution in [0.5, 0.6) is 0 Å². The summed E-state index contributed by atoms with van der Waals surface area (Å²) < 4.78 is 0. The van der Waals surface area contributed by atoms with Gasteiger partial charge in [-0.25, -0.2) is 0 Å². The minimum atomic E-state index is 0.0308. The fraction of sp³-hybridized carbons (Fsp3) is 0.350. The van der Waals surface area contributed by atoms with Crippen molar-refractivity contribution >= 4 is 17.3 Å². The molecule has 0 aliphatic heterocycles. The lowest BCUT2D eigenvalue weighted by Gasteiger charge is -2.11. The van der Waals surface area contributed by atoms with Gasteiger partial charge in [0.1, 0.15) is 0 Å². The zero-order chi connectivity index (χ0) is 16.8. The first-order chi connectivity index (χ1) is 11.0. The maximum atomic E-state index is 12.0. The van der Waals surface area contributed by atoms with Crippen LogP contribution in [0.1, 0.15) is 42.9 Å². The van der Waals surface area contributed by atoms with Gasteiger partial charge in [0.15, 0.2) is 0 Å². The van der Waals surface area contributed by atoms with Crippen molar-refractivity contribution in [2.45, 2.75) is 40.0 Å². The number of anilines is 2. The van der Waals surface area contributed by atoms with Crippen molar-refractivity contribution in [3.8, 4) is 0 Å². The highest BCUT2D eigenvalue weighted by molar-refractivity contribution is 5.91. The molecule has 0 saturated heterocycles. The lowest BCUT2D eigenvalue weighted by atomic mass is 10.0. The lowest BCUT2D eigenvalue weighted by Crippen LogP contribution is -2.16. The number of rotatable bonds is 6. The Kier molecular flexibility index (Phi) is 5.80. The third-order valence-corrected chi connectivity index (χ3v) is 3.91. The van der Waals surface area contributed by atoms with Gasteiger partial charge in [0.25, 0.3) is 0 Å². The summed E-state index contributed by atoms with van der Waals surface area (Å²) in [5, 5.41) is 6.26. The van der Waals surface area contributed by atoms with Crippen molar-refractivity contribution in [3.05, 3.63) is 59.2 Å². The Morgan fingerprint density at radius 1 is 1.04 bits per heavy atom. The smallest absolute Gasteiger partial charge is 0.226 e. The molecule has 2 aromatic rings. The molecule has 0 saturated carbocycles. The normalized spacial score (nSPS) is 10.7. The Labute approximate surface area is 139 Å². The monoisotopic (exact) mass is 310 g/mol. The van der Waals surface area contributed by atoms with Gasteiger partial charge in [-0.1, -0.05) is 43.7 Å². The van der Waals surface area contributed by atoms with Gasteiger partial charge in [-0.3, -0.25) is 4.79 Å². The fourth-order valence-corrected chi connectivity index (χ4v) is 2.47. The first-order valence-corrected chi connectivity index (χ1v) is 8.16. The summed E-state index contributed by atoms with van der Waals surface area (Å²) in [7, 11) is 0. The number of aryl methyl sites for hydroxylation is 2. The van der Waals surface area contributed by atoms with Crippen LogP contribution in [-0.2, 0) is 4.79 Å². The van der Waals surface area contributed by atoms with E-state index in [0.29, 0.717) is 18.9 Å². The molecule has 122 valence electrons. The van der Waals surface area contributed by atoms with Crippen LogP contribution in [0, 0.1) is 13.8 Å². The van der Waals surface area contributed by atoms with Crippen molar-refractivity contribution in [1.82, 2.24) is 0 Å². The summed E-state index contributed by atoms with van der Waals surface area (Å²) >= 11 is 0. The average molecular weight is 310 g/mol. The summed E-state index contributed by atoms with van der Waals surface area (Å²) in [6.07, 6.45) is 0.444. The van der Waals surface area contributed by atoms with Gasteiger partial charge in [0, 0.05) is 24.3 Å². The van der Waals surface area contributed by atoms with E-state index >= 15 is 0 Å². The Bertz CT molecular complexity index is 660. The first kappa shape index (κ1) is 17.1. The zero-order valence-electron chi connectivity index (χ0n) is 14.4. The standard InChI is InChI=1S/C20H26N2O/c1-14(2)17-6-8-18(9-7-17)21-12-11-20(23)22-19-10-5-15(3)13-16(19)4/h5-10,13-14,21H,11-12H2,1-4H3,(H,22,23). The van der Waals surface area contributed by atoms with Crippen molar-refractivity contribution < 1.29 is 4.79 Å². The molecule has 0 spiro atoms. The van der Waals surface area contributed by atoms with E-state index in [2.05, 4.69) is 54.8 Å². The number of nitrogens with one attached hydrogen (secondary N) is 2. The molecule has 0 atom stereocenters. The second-order valence-electron chi connectivity index (χ2n) is 6.32. The number of amides is 1. The minimum Gasteiger partial charge on any atom is -0.385 e. The molecular weight excluding hydrogens is 284 g/mol. The maximum Gasteiger partial charge on any atom is 0.226 e. The van der Waals surface area contributed by atoms with Gasteiger partial charge >= 0.3 is 0 Å². The average Bonchev–Trinajstić information content (AvgIpc) is 2.50. The maximum absolute atomic E-state index is 12.0. The molecule has 0 aromatic heterocycles. The summed E-state index contributed by atoms with van der Waals surface area (Å²) in [5.41, 5.74) is 5.56. The quantitative estimate of drug-likeness (QED) is 0.799. The van der Waals surface area contributed by atoms with Crippen molar-refractivity contribution in [2.24, 2.45) is 0 Å². The molecule has 3 nitrogen and oxygen atoms in total. The molecule has 0 unspecified atom stereocenters. The van der Waals surface area contributed by atoms with E-state index in [1.165, 1.54) is 11.1 Å². The summed E-state index contributed by atoms with van der Waals surface area (Å²) in [6, 6.07) is 14.4. The largest absolute Gasteiger partial charge is 0.385 e. The highest BCUT2D eigenvalue weighted by Crippen LogP contribution is 2.18. The Balaban J connectivity index is 1.80. The van der Waals surface area contributed by atoms with Crippen LogP contribution in [-0.4, -0.2) is 12.5 Å². The first-order valence-electron chi connectivity index (χ1n) is 8.16. The van der Waals surface area contributed by atoms with Crippen molar-refractivity contribution in [3.63, 3.8) is 0 Å². The van der Waals surface area contributed by atoms with Gasteiger partial charge in [0.2, 0.25) is 5.91 Å². The predicted octanol–water partition coefficient (Wildman–Crippen LogP) is 4.87. The number of benzene rings is 2. The van der Waals surface area contributed by atoms with Gasteiger partial charge < -0.3 is 10.6 Å². The van der Waals surface area contributed by atoms with E-state index in [1.807, 2.05) is 26.0 Å². The number of carbonyl (C=O) groups is 1. The van der Waals surface area contributed by atoms with Crippen LogP contribution in [0.4, 0.5) is 11.4 Å². The molecule has 2 rings (SSSR count). The molecular formula is C20H26N2O. The third kappa shape index (κ3) is 5.13. The van der Waals surface area contributed by atoms with Gasteiger partial charge in [-0.15, -0.1) is 0 Å². The van der Waals surface area contributed by atoms with E-state index < -0.39 is 0 Å². The fourth-order valence-electron chi connectivity index (χ4n) is 2.47. The molecule has 2 aromatic carbocycles. The molecule has 0 fully saturated rings. The highest BCUT2D eigenvalue weighted by atomic mass is 16.1. The molecule has 0 heterocycles. The lowest BCUT2D eigenvalue weighted by molar-refractivity contribution is -0.115. The van der Waals surface area contributed by atoms with Crippen molar-refractivity contribution in [2.75, 3.05) is 17.2 Å². The van der Waals surface area contributed by atoms with E-state index in [9.17, 15) is 4.79 Å². The third-order valence-electron chi connectivity index (χ3n) is 3.91. The number of hydrogen-bond donors (Lipinski definition) is 2. The second kappa shape index (κ2) is 7.82. The number of hydrogen-bond acceptors (Lipinski definition) is 2.